The van der Waals surface area contributed by atoms with Crippen LogP contribution in [0.4, 0.5) is 5.95 Å². The summed E-state index contributed by atoms with van der Waals surface area (Å²) in [4.78, 5) is 28.7. The highest BCUT2D eigenvalue weighted by atomic mass is 16.3. The van der Waals surface area contributed by atoms with Gasteiger partial charge in [0, 0.05) is 38.4 Å². The Labute approximate surface area is 147 Å². The molecule has 7 heteroatoms. The van der Waals surface area contributed by atoms with Gasteiger partial charge < -0.3 is 14.9 Å². The number of likely N-dealkylation sites (N-methyl/N-ethyl adjacent to an activating group) is 1. The van der Waals surface area contributed by atoms with E-state index in [-0.39, 0.29) is 12.5 Å². The maximum absolute atomic E-state index is 12.6. The lowest BCUT2D eigenvalue weighted by Gasteiger charge is -2.41. The van der Waals surface area contributed by atoms with Crippen LogP contribution in [0.25, 0.3) is 0 Å². The predicted molar refractivity (Wildman–Crippen MR) is 94.4 cm³/mol. The summed E-state index contributed by atoms with van der Waals surface area (Å²) < 4.78 is 0. The molecule has 1 N–H and O–H groups in total. The first-order chi connectivity index (χ1) is 12.0. The Hall–Kier alpha value is -2.54. The molecule has 0 aliphatic carbocycles. The fraction of sp³-hybridized carbons (Fsp3) is 0.444. The first-order valence-electron chi connectivity index (χ1n) is 8.38. The van der Waals surface area contributed by atoms with Crippen LogP contribution in [-0.4, -0.2) is 63.1 Å². The molecule has 2 aromatic rings. The summed E-state index contributed by atoms with van der Waals surface area (Å²) in [7, 11) is 1.71. The average Bonchev–Trinajstić information content (AvgIpc) is 2.61. The summed E-state index contributed by atoms with van der Waals surface area (Å²) in [5.41, 5.74) is 0.479. The number of carbonyl (C=O) groups is 1. The van der Waals surface area contributed by atoms with Gasteiger partial charge in [-0.1, -0.05) is 0 Å². The summed E-state index contributed by atoms with van der Waals surface area (Å²) in [6, 6.07) is 3.57. The van der Waals surface area contributed by atoms with E-state index >= 15 is 0 Å². The van der Waals surface area contributed by atoms with Crippen molar-refractivity contribution in [2.75, 3.05) is 31.6 Å². The molecule has 1 amide bonds. The van der Waals surface area contributed by atoms with Crippen LogP contribution >= 0.6 is 0 Å². The molecular weight excluding hydrogens is 318 g/mol. The van der Waals surface area contributed by atoms with Crippen LogP contribution in [0.3, 0.4) is 0 Å². The maximum Gasteiger partial charge on any atom is 0.255 e. The van der Waals surface area contributed by atoms with Crippen molar-refractivity contribution in [3.8, 4) is 0 Å². The summed E-state index contributed by atoms with van der Waals surface area (Å²) in [6.07, 6.45) is 8.11. The lowest BCUT2D eigenvalue weighted by Crippen LogP contribution is -2.55. The molecule has 1 atom stereocenters. The number of amides is 1. The van der Waals surface area contributed by atoms with Gasteiger partial charge in [0.05, 0.1) is 24.3 Å². The van der Waals surface area contributed by atoms with Gasteiger partial charge in [0.25, 0.3) is 5.91 Å². The molecule has 25 heavy (non-hydrogen) atoms. The largest absolute Gasteiger partial charge is 0.386 e. The first-order valence-corrected chi connectivity index (χ1v) is 8.38. The number of β-amino-alcohol motifs (C(OH)–C–C–N with tert-alkyl or cyclic N) is 1. The number of hydrogen-bond acceptors (Lipinski definition) is 6. The minimum atomic E-state index is -0.987. The molecule has 0 radical (unpaired) electrons. The van der Waals surface area contributed by atoms with E-state index in [1.165, 1.54) is 0 Å². The second kappa shape index (κ2) is 7.14. The molecule has 3 rings (SSSR count). The second-order valence-corrected chi connectivity index (χ2v) is 6.71. The number of nitrogens with zero attached hydrogens (tertiary/aromatic N) is 5. The minimum absolute atomic E-state index is 0.141. The summed E-state index contributed by atoms with van der Waals surface area (Å²) in [6.45, 7) is 3.35. The Balaban J connectivity index is 1.69. The van der Waals surface area contributed by atoms with Crippen LogP contribution in [0.15, 0.2) is 36.9 Å². The quantitative estimate of drug-likeness (QED) is 0.902. The highest BCUT2D eigenvalue weighted by Crippen LogP contribution is 2.25. The van der Waals surface area contributed by atoms with Crippen molar-refractivity contribution in [2.45, 2.75) is 25.4 Å². The smallest absolute Gasteiger partial charge is 0.255 e. The van der Waals surface area contributed by atoms with Crippen molar-refractivity contribution in [2.24, 2.45) is 0 Å². The molecule has 132 valence electrons. The molecule has 0 unspecified atom stereocenters. The molecule has 0 bridgehead atoms. The number of rotatable bonds is 4. The van der Waals surface area contributed by atoms with Crippen molar-refractivity contribution in [3.63, 3.8) is 0 Å². The van der Waals surface area contributed by atoms with Gasteiger partial charge in [-0.05, 0) is 37.5 Å². The second-order valence-electron chi connectivity index (χ2n) is 6.71. The third kappa shape index (κ3) is 4.11. The number of aryl methyl sites for hydroxylation is 1. The van der Waals surface area contributed by atoms with E-state index in [0.717, 1.165) is 18.5 Å². The van der Waals surface area contributed by atoms with Gasteiger partial charge in [-0.15, -0.1) is 0 Å². The Morgan fingerprint density at radius 1 is 1.36 bits per heavy atom. The van der Waals surface area contributed by atoms with Crippen LogP contribution in [0.2, 0.25) is 0 Å². The SMILES string of the molecule is Cc1cncc(C(=O)N(C)C[C@@]2(O)CCCN(c3ncccn3)C2)c1. The Kier molecular flexibility index (Phi) is 4.94. The van der Waals surface area contributed by atoms with Crippen molar-refractivity contribution in [1.29, 1.82) is 0 Å². The van der Waals surface area contributed by atoms with Gasteiger partial charge >= 0.3 is 0 Å². The van der Waals surface area contributed by atoms with Crippen LogP contribution in [0.1, 0.15) is 28.8 Å². The van der Waals surface area contributed by atoms with E-state index in [1.54, 1.807) is 48.9 Å². The zero-order chi connectivity index (χ0) is 17.9. The lowest BCUT2D eigenvalue weighted by atomic mass is 9.92. The Morgan fingerprint density at radius 2 is 2.12 bits per heavy atom. The number of pyridine rings is 1. The summed E-state index contributed by atoms with van der Waals surface area (Å²) >= 11 is 0. The Bertz CT molecular complexity index is 739. The van der Waals surface area contributed by atoms with Gasteiger partial charge in [-0.2, -0.15) is 0 Å². The zero-order valence-corrected chi connectivity index (χ0v) is 14.6. The van der Waals surface area contributed by atoms with E-state index in [9.17, 15) is 9.90 Å². The van der Waals surface area contributed by atoms with Crippen molar-refractivity contribution >= 4 is 11.9 Å². The molecule has 2 aromatic heterocycles. The topological polar surface area (TPSA) is 82.5 Å². The number of aromatic nitrogens is 3. The van der Waals surface area contributed by atoms with E-state index in [0.29, 0.717) is 24.5 Å². The molecular formula is C18H23N5O2. The molecule has 1 saturated heterocycles. The van der Waals surface area contributed by atoms with Crippen LogP contribution < -0.4 is 4.90 Å². The van der Waals surface area contributed by atoms with E-state index in [2.05, 4.69) is 15.0 Å². The van der Waals surface area contributed by atoms with Gasteiger partial charge in [0.15, 0.2) is 0 Å². The summed E-state index contributed by atoms with van der Waals surface area (Å²) in [5, 5.41) is 11.0. The van der Waals surface area contributed by atoms with E-state index in [1.807, 2.05) is 11.8 Å². The van der Waals surface area contributed by atoms with Gasteiger partial charge in [-0.25, -0.2) is 9.97 Å². The van der Waals surface area contributed by atoms with Crippen molar-refractivity contribution in [1.82, 2.24) is 19.9 Å². The highest BCUT2D eigenvalue weighted by Gasteiger charge is 2.36. The number of hydrogen-bond donors (Lipinski definition) is 1. The minimum Gasteiger partial charge on any atom is -0.386 e. The molecule has 0 aromatic carbocycles. The monoisotopic (exact) mass is 341 g/mol. The molecule has 3 heterocycles. The van der Waals surface area contributed by atoms with E-state index in [4.69, 9.17) is 0 Å². The number of aliphatic hydroxyl groups is 1. The maximum atomic E-state index is 12.6. The normalized spacial score (nSPS) is 20.4. The summed E-state index contributed by atoms with van der Waals surface area (Å²) in [5.74, 6) is 0.468. The highest BCUT2D eigenvalue weighted by molar-refractivity contribution is 5.93. The van der Waals surface area contributed by atoms with Crippen LogP contribution in [-0.2, 0) is 0 Å². The van der Waals surface area contributed by atoms with Crippen LogP contribution in [0, 0.1) is 6.92 Å². The van der Waals surface area contributed by atoms with Crippen molar-refractivity contribution in [3.05, 3.63) is 48.0 Å². The number of anilines is 1. The third-order valence-corrected chi connectivity index (χ3v) is 4.39. The average molecular weight is 341 g/mol. The van der Waals surface area contributed by atoms with Crippen molar-refractivity contribution < 1.29 is 9.90 Å². The lowest BCUT2D eigenvalue weighted by molar-refractivity contribution is -0.000308. The fourth-order valence-electron chi connectivity index (χ4n) is 3.27. The van der Waals surface area contributed by atoms with Gasteiger partial charge in [-0.3, -0.25) is 9.78 Å². The molecule has 1 aliphatic rings. The third-order valence-electron chi connectivity index (χ3n) is 4.39. The predicted octanol–water partition coefficient (Wildman–Crippen LogP) is 1.28. The first kappa shape index (κ1) is 17.3. The molecule has 0 saturated carbocycles. The molecule has 0 spiro atoms. The zero-order valence-electron chi connectivity index (χ0n) is 14.6. The van der Waals surface area contributed by atoms with Crippen LogP contribution in [0.5, 0.6) is 0 Å². The fourth-order valence-corrected chi connectivity index (χ4v) is 3.27. The molecule has 1 aliphatic heterocycles. The van der Waals surface area contributed by atoms with E-state index < -0.39 is 5.60 Å². The number of carbonyl (C=O) groups excluding carboxylic acids is 1. The molecule has 1 fully saturated rings. The number of piperidine rings is 1. The van der Waals surface area contributed by atoms with Gasteiger partial charge in [0.1, 0.15) is 0 Å². The molecule has 7 nitrogen and oxygen atoms in total. The standard InChI is InChI=1S/C18H23N5O2/c1-14-9-15(11-19-10-14)16(24)22(2)12-18(25)5-3-8-23(13-18)17-20-6-4-7-21-17/h4,6-7,9-11,25H,3,5,8,12-13H2,1-2H3/t18-/m0/s1. The van der Waals surface area contributed by atoms with Gasteiger partial charge in [0.2, 0.25) is 5.95 Å². The Morgan fingerprint density at radius 3 is 2.84 bits per heavy atom.